The van der Waals surface area contributed by atoms with Crippen LogP contribution in [0.5, 0.6) is 0 Å². The minimum Gasteiger partial charge on any atom is -0.453 e. The highest BCUT2D eigenvalue weighted by Crippen LogP contribution is 2.25. The van der Waals surface area contributed by atoms with Crippen molar-refractivity contribution in [3.63, 3.8) is 0 Å². The van der Waals surface area contributed by atoms with E-state index >= 15 is 0 Å². The third kappa shape index (κ3) is 6.60. The Morgan fingerprint density at radius 1 is 1.06 bits per heavy atom. The second-order valence-electron chi connectivity index (χ2n) is 8.32. The molecule has 0 fully saturated rings. The molecule has 2 aromatic carbocycles. The van der Waals surface area contributed by atoms with E-state index in [2.05, 4.69) is 10.4 Å². The number of hydrazone groups is 1. The molecule has 2 aromatic rings. The van der Waals surface area contributed by atoms with Crippen molar-refractivity contribution >= 4 is 35.0 Å². The lowest BCUT2D eigenvalue weighted by atomic mass is 10.1. The highest BCUT2D eigenvalue weighted by molar-refractivity contribution is 6.38. The maximum atomic E-state index is 12.5. The van der Waals surface area contributed by atoms with E-state index in [1.165, 1.54) is 11.9 Å². The average Bonchev–Trinajstić information content (AvgIpc) is 2.82. The first kappa shape index (κ1) is 24.8. The number of aryl methyl sites for hydroxylation is 3. The molecule has 0 unspecified atom stereocenters. The lowest BCUT2D eigenvalue weighted by Gasteiger charge is -2.24. The monoisotopic (exact) mass is 463 g/mol. The number of ether oxygens (including phenoxy) is 1. The molecule has 34 heavy (non-hydrogen) atoms. The topological polar surface area (TPSA) is 105 Å². The minimum atomic E-state index is -0.703. The number of rotatable bonds is 9. The van der Waals surface area contributed by atoms with Crippen LogP contribution in [0.3, 0.4) is 0 Å². The lowest BCUT2D eigenvalue weighted by Crippen LogP contribution is -2.35. The summed E-state index contributed by atoms with van der Waals surface area (Å²) in [5.41, 5.74) is 4.07. The fourth-order valence-electron chi connectivity index (χ4n) is 3.55. The van der Waals surface area contributed by atoms with Crippen molar-refractivity contribution in [2.75, 3.05) is 18.2 Å². The van der Waals surface area contributed by atoms with Crippen LogP contribution in [-0.4, -0.2) is 42.4 Å². The normalized spacial score (nSPS) is 13.3. The summed E-state index contributed by atoms with van der Waals surface area (Å²) in [6.45, 7) is 5.46. The first-order valence-corrected chi connectivity index (χ1v) is 11.3. The molecule has 0 radical (unpaired) electrons. The third-order valence-electron chi connectivity index (χ3n) is 5.49. The molecule has 178 valence electrons. The first-order valence-electron chi connectivity index (χ1n) is 11.3. The van der Waals surface area contributed by atoms with E-state index in [1.54, 1.807) is 12.1 Å². The van der Waals surface area contributed by atoms with Crippen LogP contribution in [0.25, 0.3) is 0 Å². The predicted octanol–water partition coefficient (Wildman–Crippen LogP) is 3.28. The van der Waals surface area contributed by atoms with Gasteiger partial charge in [0.1, 0.15) is 5.71 Å². The summed E-state index contributed by atoms with van der Waals surface area (Å²) in [4.78, 5) is 48.3. The van der Waals surface area contributed by atoms with Crippen LogP contribution in [-0.2, 0) is 25.5 Å². The molecule has 0 atom stereocenters. The molecule has 1 aliphatic heterocycles. The van der Waals surface area contributed by atoms with Gasteiger partial charge < -0.3 is 10.1 Å². The highest BCUT2D eigenvalue weighted by atomic mass is 16.5. The van der Waals surface area contributed by atoms with Crippen LogP contribution in [0, 0.1) is 13.8 Å². The molecule has 0 saturated heterocycles. The Balaban J connectivity index is 1.57. The molecule has 1 heterocycles. The molecule has 0 aliphatic carbocycles. The molecule has 8 heteroatoms. The van der Waals surface area contributed by atoms with Gasteiger partial charge in [-0.15, -0.1) is 0 Å². The number of amides is 2. The van der Waals surface area contributed by atoms with Gasteiger partial charge in [0.05, 0.1) is 5.69 Å². The zero-order valence-corrected chi connectivity index (χ0v) is 19.7. The number of ketones is 1. The highest BCUT2D eigenvalue weighted by Gasteiger charge is 2.27. The minimum absolute atomic E-state index is 0.0562. The molecular weight excluding hydrogens is 434 g/mol. The summed E-state index contributed by atoms with van der Waals surface area (Å²) in [6.07, 6.45) is 1.88. The number of carbonyl (C=O) groups excluding carboxylic acids is 4. The molecule has 3 rings (SSSR count). The van der Waals surface area contributed by atoms with Crippen molar-refractivity contribution < 1.29 is 23.9 Å². The molecule has 0 bridgehead atoms. The predicted molar refractivity (Wildman–Crippen MR) is 129 cm³/mol. The standard InChI is InChI=1S/C26H29N3O5/c1-17-6-7-18(2)23(15-17)29-25(32)13-12-22(28-29)26(33)34-16-24(31)21-10-8-20(9-11-21)5-4-14-27-19(3)30/h6-11,15H,4-5,12-14,16H2,1-3H3,(H,27,30). The molecule has 2 amide bonds. The third-order valence-corrected chi connectivity index (χ3v) is 5.49. The Kier molecular flexibility index (Phi) is 8.29. The van der Waals surface area contributed by atoms with E-state index in [9.17, 15) is 19.2 Å². The maximum absolute atomic E-state index is 12.5. The molecular formula is C26H29N3O5. The number of hydrogen-bond donors (Lipinski definition) is 1. The van der Waals surface area contributed by atoms with Gasteiger partial charge in [0, 0.05) is 31.9 Å². The number of esters is 1. The largest absolute Gasteiger partial charge is 0.453 e. The van der Waals surface area contributed by atoms with Gasteiger partial charge in [0.25, 0.3) is 0 Å². The van der Waals surface area contributed by atoms with Crippen molar-refractivity contribution in [2.45, 2.75) is 46.5 Å². The number of carbonyl (C=O) groups is 4. The van der Waals surface area contributed by atoms with Crippen molar-refractivity contribution in [1.82, 2.24) is 5.32 Å². The van der Waals surface area contributed by atoms with Crippen molar-refractivity contribution in [1.29, 1.82) is 0 Å². The summed E-state index contributed by atoms with van der Waals surface area (Å²) in [5, 5.41) is 8.22. The van der Waals surface area contributed by atoms with E-state index < -0.39 is 12.6 Å². The molecule has 1 N–H and O–H groups in total. The van der Waals surface area contributed by atoms with Gasteiger partial charge in [-0.1, -0.05) is 36.4 Å². The lowest BCUT2D eigenvalue weighted by molar-refractivity contribution is -0.134. The molecule has 8 nitrogen and oxygen atoms in total. The van der Waals surface area contributed by atoms with Crippen molar-refractivity contribution in [2.24, 2.45) is 5.10 Å². The maximum Gasteiger partial charge on any atom is 0.354 e. The Bertz CT molecular complexity index is 1120. The number of benzene rings is 2. The van der Waals surface area contributed by atoms with Gasteiger partial charge in [-0.3, -0.25) is 14.4 Å². The van der Waals surface area contributed by atoms with E-state index in [0.717, 1.165) is 29.5 Å². The fraction of sp³-hybridized carbons (Fsp3) is 0.346. The number of nitrogens with zero attached hydrogens (tertiary/aromatic N) is 2. The molecule has 0 aromatic heterocycles. The van der Waals surface area contributed by atoms with Crippen LogP contribution in [0.4, 0.5) is 5.69 Å². The second-order valence-corrected chi connectivity index (χ2v) is 8.32. The van der Waals surface area contributed by atoms with Gasteiger partial charge in [-0.25, -0.2) is 4.79 Å². The van der Waals surface area contributed by atoms with Crippen molar-refractivity contribution in [3.05, 3.63) is 64.7 Å². The summed E-state index contributed by atoms with van der Waals surface area (Å²) in [5.74, 6) is -1.28. The van der Waals surface area contributed by atoms with Gasteiger partial charge in [0.2, 0.25) is 11.8 Å². The summed E-state index contributed by atoms with van der Waals surface area (Å²) in [6, 6.07) is 12.8. The molecule has 1 aliphatic rings. The Labute approximate surface area is 199 Å². The molecule has 0 saturated carbocycles. The van der Waals surface area contributed by atoms with Crippen LogP contribution in [0.15, 0.2) is 47.6 Å². The smallest absolute Gasteiger partial charge is 0.354 e. The number of anilines is 1. The average molecular weight is 464 g/mol. The zero-order valence-electron chi connectivity index (χ0n) is 19.7. The number of nitrogens with one attached hydrogen (secondary N) is 1. The second kappa shape index (κ2) is 11.4. The van der Waals surface area contributed by atoms with Crippen LogP contribution in [0.1, 0.15) is 53.2 Å². The Morgan fingerprint density at radius 3 is 2.50 bits per heavy atom. The summed E-state index contributed by atoms with van der Waals surface area (Å²) in [7, 11) is 0. The van der Waals surface area contributed by atoms with Gasteiger partial charge in [0.15, 0.2) is 12.4 Å². The molecule has 0 spiro atoms. The van der Waals surface area contributed by atoms with Crippen LogP contribution < -0.4 is 10.3 Å². The summed E-state index contributed by atoms with van der Waals surface area (Å²) >= 11 is 0. The quantitative estimate of drug-likeness (QED) is 0.349. The Morgan fingerprint density at radius 2 is 1.79 bits per heavy atom. The first-order chi connectivity index (χ1) is 16.2. The SMILES string of the molecule is CC(=O)NCCCc1ccc(C(=O)COC(=O)C2=NN(c3cc(C)ccc3C)C(=O)CC2)cc1. The Hall–Kier alpha value is -3.81. The zero-order chi connectivity index (χ0) is 24.7. The van der Waals surface area contributed by atoms with E-state index in [4.69, 9.17) is 4.74 Å². The van der Waals surface area contributed by atoms with E-state index in [1.807, 2.05) is 44.2 Å². The van der Waals surface area contributed by atoms with Crippen LogP contribution >= 0.6 is 0 Å². The van der Waals surface area contributed by atoms with E-state index in [-0.39, 0.29) is 36.2 Å². The van der Waals surface area contributed by atoms with Gasteiger partial charge >= 0.3 is 5.97 Å². The number of hydrogen-bond acceptors (Lipinski definition) is 6. The van der Waals surface area contributed by atoms with E-state index in [0.29, 0.717) is 17.8 Å². The van der Waals surface area contributed by atoms with Gasteiger partial charge in [-0.2, -0.15) is 10.1 Å². The van der Waals surface area contributed by atoms with Gasteiger partial charge in [-0.05, 0) is 49.4 Å². The van der Waals surface area contributed by atoms with Crippen molar-refractivity contribution in [3.8, 4) is 0 Å². The number of Topliss-reactive ketones (excluding diaryl/α,β-unsaturated/α-hetero) is 1. The fourth-order valence-corrected chi connectivity index (χ4v) is 3.55. The summed E-state index contributed by atoms with van der Waals surface area (Å²) < 4.78 is 5.21. The van der Waals surface area contributed by atoms with Crippen LogP contribution in [0.2, 0.25) is 0 Å².